The van der Waals surface area contributed by atoms with Crippen LogP contribution in [0.25, 0.3) is 0 Å². The lowest BCUT2D eigenvalue weighted by atomic mass is 9.82. The molecular weight excluding hydrogens is 186 g/mol. The smallest absolute Gasteiger partial charge is 0.0492 e. The number of hydrogen-bond donors (Lipinski definition) is 1. The minimum absolute atomic E-state index is 0.640. The summed E-state index contributed by atoms with van der Waals surface area (Å²) in [6, 6.07) is 2.82. The van der Waals surface area contributed by atoms with Crippen molar-refractivity contribution in [3.05, 3.63) is 18.0 Å². The van der Waals surface area contributed by atoms with Crippen molar-refractivity contribution < 1.29 is 0 Å². The number of rotatable bonds is 3. The minimum atomic E-state index is 0.640. The molecule has 2 atom stereocenters. The number of nitrogens with zero attached hydrogens (tertiary/aromatic N) is 2. The van der Waals surface area contributed by atoms with Gasteiger partial charge in [-0.25, -0.2) is 0 Å². The third-order valence-electron chi connectivity index (χ3n) is 3.57. The van der Waals surface area contributed by atoms with Gasteiger partial charge >= 0.3 is 0 Å². The Kier molecular flexibility index (Phi) is 3.41. The van der Waals surface area contributed by atoms with Crippen molar-refractivity contribution in [1.82, 2.24) is 15.1 Å². The fourth-order valence-corrected chi connectivity index (χ4v) is 2.75. The van der Waals surface area contributed by atoms with Crippen LogP contribution in [0.1, 0.15) is 44.2 Å². The van der Waals surface area contributed by atoms with Gasteiger partial charge in [0.2, 0.25) is 0 Å². The molecule has 0 aromatic carbocycles. The van der Waals surface area contributed by atoms with Crippen LogP contribution in [0.5, 0.6) is 0 Å². The molecule has 0 spiro atoms. The van der Waals surface area contributed by atoms with E-state index in [0.717, 1.165) is 6.54 Å². The van der Waals surface area contributed by atoms with E-state index in [2.05, 4.69) is 35.1 Å². The predicted octanol–water partition coefficient (Wildman–Crippen LogP) is 2.15. The molecule has 1 aliphatic rings. The second-order valence-electron chi connectivity index (χ2n) is 4.36. The molecule has 1 aromatic heterocycles. The molecule has 2 unspecified atom stereocenters. The van der Waals surface area contributed by atoms with Crippen LogP contribution < -0.4 is 5.32 Å². The Morgan fingerprint density at radius 2 is 2.27 bits per heavy atom. The SMILES string of the molecule is CCn1nccc1C1CCCCC1NC. The molecule has 0 bridgehead atoms. The second kappa shape index (κ2) is 4.79. The van der Waals surface area contributed by atoms with E-state index in [9.17, 15) is 0 Å². The van der Waals surface area contributed by atoms with Crippen LogP contribution in [-0.4, -0.2) is 22.9 Å². The first-order valence-electron chi connectivity index (χ1n) is 6.05. The van der Waals surface area contributed by atoms with E-state index in [1.807, 2.05) is 6.20 Å². The molecule has 15 heavy (non-hydrogen) atoms. The van der Waals surface area contributed by atoms with Crippen molar-refractivity contribution in [3.8, 4) is 0 Å². The van der Waals surface area contributed by atoms with Gasteiger partial charge < -0.3 is 5.32 Å². The van der Waals surface area contributed by atoms with Crippen LogP contribution in [0, 0.1) is 0 Å². The minimum Gasteiger partial charge on any atom is -0.316 e. The first-order valence-corrected chi connectivity index (χ1v) is 6.05. The van der Waals surface area contributed by atoms with Gasteiger partial charge in [0.15, 0.2) is 0 Å². The highest BCUT2D eigenvalue weighted by Crippen LogP contribution is 2.32. The summed E-state index contributed by atoms with van der Waals surface area (Å²) in [5, 5.41) is 7.82. The maximum atomic E-state index is 4.37. The molecule has 1 N–H and O–H groups in total. The number of aryl methyl sites for hydroxylation is 1. The fourth-order valence-electron chi connectivity index (χ4n) is 2.75. The van der Waals surface area contributed by atoms with Crippen molar-refractivity contribution in [3.63, 3.8) is 0 Å². The number of likely N-dealkylation sites (N-methyl/N-ethyl adjacent to an activating group) is 1. The lowest BCUT2D eigenvalue weighted by Crippen LogP contribution is -2.35. The molecule has 3 nitrogen and oxygen atoms in total. The molecule has 1 heterocycles. The third-order valence-corrected chi connectivity index (χ3v) is 3.57. The van der Waals surface area contributed by atoms with Crippen LogP contribution in [-0.2, 0) is 6.54 Å². The van der Waals surface area contributed by atoms with Gasteiger partial charge in [-0.15, -0.1) is 0 Å². The molecule has 84 valence electrons. The molecule has 0 aliphatic heterocycles. The predicted molar refractivity (Wildman–Crippen MR) is 62.0 cm³/mol. The highest BCUT2D eigenvalue weighted by Gasteiger charge is 2.27. The molecule has 0 amide bonds. The van der Waals surface area contributed by atoms with Gasteiger partial charge in [-0.1, -0.05) is 12.8 Å². The highest BCUT2D eigenvalue weighted by atomic mass is 15.3. The summed E-state index contributed by atoms with van der Waals surface area (Å²) >= 11 is 0. The highest BCUT2D eigenvalue weighted by molar-refractivity contribution is 5.12. The Balaban J connectivity index is 2.20. The maximum Gasteiger partial charge on any atom is 0.0492 e. The number of aromatic nitrogens is 2. The summed E-state index contributed by atoms with van der Waals surface area (Å²) in [5.41, 5.74) is 1.41. The van der Waals surface area contributed by atoms with Gasteiger partial charge in [0.25, 0.3) is 0 Å². The maximum absolute atomic E-state index is 4.37. The molecule has 0 radical (unpaired) electrons. The van der Waals surface area contributed by atoms with Crippen LogP contribution >= 0.6 is 0 Å². The van der Waals surface area contributed by atoms with Gasteiger partial charge in [0, 0.05) is 30.4 Å². The molecule has 2 rings (SSSR count). The van der Waals surface area contributed by atoms with E-state index in [1.165, 1.54) is 31.4 Å². The van der Waals surface area contributed by atoms with Crippen molar-refractivity contribution >= 4 is 0 Å². The number of hydrogen-bond acceptors (Lipinski definition) is 2. The first kappa shape index (κ1) is 10.7. The van der Waals surface area contributed by atoms with Gasteiger partial charge in [-0.3, -0.25) is 4.68 Å². The summed E-state index contributed by atoms with van der Waals surface area (Å²) in [7, 11) is 2.08. The Morgan fingerprint density at radius 1 is 1.47 bits per heavy atom. The topological polar surface area (TPSA) is 29.9 Å². The Labute approximate surface area is 91.9 Å². The lowest BCUT2D eigenvalue weighted by molar-refractivity contribution is 0.329. The molecule has 1 aromatic rings. The van der Waals surface area contributed by atoms with Crippen LogP contribution in [0.4, 0.5) is 0 Å². The largest absolute Gasteiger partial charge is 0.316 e. The second-order valence-corrected chi connectivity index (χ2v) is 4.36. The molecule has 1 saturated carbocycles. The van der Waals surface area contributed by atoms with Crippen molar-refractivity contribution in [2.75, 3.05) is 7.05 Å². The zero-order valence-electron chi connectivity index (χ0n) is 9.74. The van der Waals surface area contributed by atoms with Crippen molar-refractivity contribution in [2.24, 2.45) is 0 Å². The van der Waals surface area contributed by atoms with E-state index in [1.54, 1.807) is 0 Å². The zero-order chi connectivity index (χ0) is 10.7. The Bertz CT molecular complexity index is 306. The van der Waals surface area contributed by atoms with E-state index in [4.69, 9.17) is 0 Å². The lowest BCUT2D eigenvalue weighted by Gasteiger charge is -2.31. The quantitative estimate of drug-likeness (QED) is 0.823. The zero-order valence-corrected chi connectivity index (χ0v) is 9.74. The van der Waals surface area contributed by atoms with Gasteiger partial charge in [0.05, 0.1) is 0 Å². The average molecular weight is 207 g/mol. The van der Waals surface area contributed by atoms with Crippen molar-refractivity contribution in [1.29, 1.82) is 0 Å². The summed E-state index contributed by atoms with van der Waals surface area (Å²) in [6.07, 6.45) is 7.26. The van der Waals surface area contributed by atoms with Crippen LogP contribution in [0.2, 0.25) is 0 Å². The fraction of sp³-hybridized carbons (Fsp3) is 0.750. The third kappa shape index (κ3) is 2.07. The van der Waals surface area contributed by atoms with E-state index in [-0.39, 0.29) is 0 Å². The van der Waals surface area contributed by atoms with E-state index >= 15 is 0 Å². The molecule has 1 aliphatic carbocycles. The standard InChI is InChI=1S/C12H21N3/c1-3-15-12(8-9-14-15)10-6-4-5-7-11(10)13-2/h8-11,13H,3-7H2,1-2H3. The first-order chi connectivity index (χ1) is 7.36. The van der Waals surface area contributed by atoms with Gasteiger partial charge in [-0.05, 0) is 32.9 Å². The molecule has 0 saturated heterocycles. The Morgan fingerprint density at radius 3 is 3.00 bits per heavy atom. The average Bonchev–Trinajstić information content (AvgIpc) is 2.76. The summed E-state index contributed by atoms with van der Waals surface area (Å²) in [4.78, 5) is 0. The van der Waals surface area contributed by atoms with E-state index < -0.39 is 0 Å². The summed E-state index contributed by atoms with van der Waals surface area (Å²) in [5.74, 6) is 0.659. The van der Waals surface area contributed by atoms with Crippen LogP contribution in [0.3, 0.4) is 0 Å². The van der Waals surface area contributed by atoms with E-state index in [0.29, 0.717) is 12.0 Å². The van der Waals surface area contributed by atoms with Gasteiger partial charge in [-0.2, -0.15) is 5.10 Å². The van der Waals surface area contributed by atoms with Crippen LogP contribution in [0.15, 0.2) is 12.3 Å². The molecule has 1 fully saturated rings. The van der Waals surface area contributed by atoms with Crippen molar-refractivity contribution in [2.45, 2.75) is 51.1 Å². The summed E-state index contributed by atoms with van der Waals surface area (Å²) < 4.78 is 2.14. The Hall–Kier alpha value is -0.830. The number of nitrogens with one attached hydrogen (secondary N) is 1. The van der Waals surface area contributed by atoms with Gasteiger partial charge in [0.1, 0.15) is 0 Å². The summed E-state index contributed by atoms with van der Waals surface area (Å²) in [6.45, 7) is 3.14. The molecular formula is C12H21N3. The monoisotopic (exact) mass is 207 g/mol. The normalized spacial score (nSPS) is 26.8. The molecule has 3 heteroatoms.